The summed E-state index contributed by atoms with van der Waals surface area (Å²) >= 11 is 5.58. The second-order valence-corrected chi connectivity index (χ2v) is 5.22. The molecule has 102 valence electrons. The third-order valence-electron chi connectivity index (χ3n) is 3.33. The predicted molar refractivity (Wildman–Crippen MR) is 76.1 cm³/mol. The van der Waals surface area contributed by atoms with E-state index >= 15 is 0 Å². The summed E-state index contributed by atoms with van der Waals surface area (Å²) in [4.78, 5) is 0. The van der Waals surface area contributed by atoms with Crippen LogP contribution in [0.5, 0.6) is 5.75 Å². The minimum Gasteiger partial charge on any atom is -0.492 e. The maximum absolute atomic E-state index is 13.2. The average molecular weight is 281 g/mol. The number of benzene rings is 1. The van der Waals surface area contributed by atoms with Gasteiger partial charge in [0.05, 0.1) is 12.2 Å². The highest BCUT2D eigenvalue weighted by Crippen LogP contribution is 2.26. The lowest BCUT2D eigenvalue weighted by Gasteiger charge is -2.12. The molecule has 0 spiro atoms. The lowest BCUT2D eigenvalue weighted by atomic mass is 10.1. The van der Waals surface area contributed by atoms with Gasteiger partial charge in [-0.1, -0.05) is 24.7 Å². The van der Waals surface area contributed by atoms with Crippen molar-refractivity contribution in [2.45, 2.75) is 32.1 Å². The molecule has 0 heterocycles. The molecule has 3 heteroatoms. The molecule has 19 heavy (non-hydrogen) atoms. The van der Waals surface area contributed by atoms with Gasteiger partial charge in [0.2, 0.25) is 0 Å². The Morgan fingerprint density at radius 1 is 1.32 bits per heavy atom. The fourth-order valence-electron chi connectivity index (χ4n) is 2.32. The molecule has 0 saturated heterocycles. The van der Waals surface area contributed by atoms with Gasteiger partial charge in [-0.3, -0.25) is 0 Å². The first-order valence-corrected chi connectivity index (χ1v) is 7.30. The molecule has 0 atom stereocenters. The van der Waals surface area contributed by atoms with Crippen LogP contribution in [0.2, 0.25) is 0 Å². The zero-order valence-electron chi connectivity index (χ0n) is 10.9. The van der Waals surface area contributed by atoms with Crippen molar-refractivity contribution in [1.29, 1.82) is 0 Å². The van der Waals surface area contributed by atoms with Gasteiger partial charge in [-0.15, -0.1) is 11.6 Å². The van der Waals surface area contributed by atoms with Crippen LogP contribution in [0.1, 0.15) is 37.7 Å². The van der Waals surface area contributed by atoms with E-state index in [4.69, 9.17) is 16.3 Å². The highest BCUT2D eigenvalue weighted by molar-refractivity contribution is 6.18. The Balaban J connectivity index is 2.03. The van der Waals surface area contributed by atoms with Crippen molar-refractivity contribution in [3.63, 3.8) is 0 Å². The van der Waals surface area contributed by atoms with E-state index in [1.165, 1.54) is 37.8 Å². The molecule has 1 aliphatic carbocycles. The van der Waals surface area contributed by atoms with Crippen molar-refractivity contribution >= 4 is 11.6 Å². The number of hydrogen-bond acceptors (Lipinski definition) is 1. The van der Waals surface area contributed by atoms with Crippen LogP contribution in [0.15, 0.2) is 18.2 Å². The lowest BCUT2D eigenvalue weighted by Crippen LogP contribution is -2.08. The molecule has 1 aliphatic rings. The molecular weight excluding hydrogens is 263 g/mol. The smallest absolute Gasteiger partial charge is 0.135 e. The summed E-state index contributed by atoms with van der Waals surface area (Å²) in [6, 6.07) is 4.50. The Kier molecular flexibility index (Phi) is 5.54. The first kappa shape index (κ1) is 14.2. The number of halogens is 2. The van der Waals surface area contributed by atoms with E-state index in [0.717, 1.165) is 0 Å². The van der Waals surface area contributed by atoms with Crippen molar-refractivity contribution < 1.29 is 9.13 Å². The van der Waals surface area contributed by atoms with Gasteiger partial charge in [0.25, 0.3) is 0 Å². The number of alkyl halides is 1. The second kappa shape index (κ2) is 7.40. The highest BCUT2D eigenvalue weighted by Gasteiger charge is 2.16. The van der Waals surface area contributed by atoms with Gasteiger partial charge < -0.3 is 4.74 Å². The fraction of sp³-hybridized carbons (Fsp3) is 0.500. The summed E-state index contributed by atoms with van der Waals surface area (Å²) in [6.07, 6.45) is 5.64. The minimum atomic E-state index is -0.289. The van der Waals surface area contributed by atoms with Crippen LogP contribution in [0.3, 0.4) is 0 Å². The molecule has 0 aromatic heterocycles. The highest BCUT2D eigenvalue weighted by atomic mass is 35.5. The predicted octanol–water partition coefficient (Wildman–Crippen LogP) is 4.38. The summed E-state index contributed by atoms with van der Waals surface area (Å²) in [5.74, 6) is 7.36. The number of hydrogen-bond donors (Lipinski definition) is 0. The standard InChI is InChI=1S/C16H18ClFO/c17-10-4-3-7-14-11-15(18)8-9-16(14)19-12-13-5-1-2-6-13/h8-9,11,13H,1-2,4-6,10,12H2. The summed E-state index contributed by atoms with van der Waals surface area (Å²) in [5, 5.41) is 0. The molecule has 1 aromatic rings. The molecule has 1 nitrogen and oxygen atoms in total. The quantitative estimate of drug-likeness (QED) is 0.588. The van der Waals surface area contributed by atoms with Crippen molar-refractivity contribution in [2.24, 2.45) is 5.92 Å². The number of rotatable bonds is 4. The Hall–Kier alpha value is -1.20. The molecule has 1 saturated carbocycles. The van der Waals surface area contributed by atoms with Gasteiger partial charge >= 0.3 is 0 Å². The van der Waals surface area contributed by atoms with Crippen molar-refractivity contribution in [2.75, 3.05) is 12.5 Å². The fourth-order valence-corrected chi connectivity index (χ4v) is 2.41. The van der Waals surface area contributed by atoms with Gasteiger partial charge in [0.15, 0.2) is 0 Å². The molecule has 0 bridgehead atoms. The van der Waals surface area contributed by atoms with Crippen molar-refractivity contribution in [3.8, 4) is 17.6 Å². The third-order valence-corrected chi connectivity index (χ3v) is 3.52. The van der Waals surface area contributed by atoms with Crippen LogP contribution in [-0.2, 0) is 0 Å². The SMILES string of the molecule is Fc1ccc(OCC2CCCC2)c(C#CCCCl)c1. The van der Waals surface area contributed by atoms with Crippen LogP contribution >= 0.6 is 11.6 Å². The molecule has 0 aliphatic heterocycles. The monoisotopic (exact) mass is 280 g/mol. The zero-order valence-corrected chi connectivity index (χ0v) is 11.7. The normalized spacial score (nSPS) is 15.1. The van der Waals surface area contributed by atoms with Gasteiger partial charge in [-0.2, -0.15) is 0 Å². The minimum absolute atomic E-state index is 0.289. The van der Waals surface area contributed by atoms with E-state index in [9.17, 15) is 4.39 Å². The average Bonchev–Trinajstić information content (AvgIpc) is 2.91. The maximum Gasteiger partial charge on any atom is 0.135 e. The van der Waals surface area contributed by atoms with Crippen LogP contribution < -0.4 is 4.74 Å². The van der Waals surface area contributed by atoms with E-state index in [-0.39, 0.29) is 5.82 Å². The largest absolute Gasteiger partial charge is 0.492 e. The second-order valence-electron chi connectivity index (χ2n) is 4.84. The van der Waals surface area contributed by atoms with Gasteiger partial charge in [-0.05, 0) is 37.0 Å². The van der Waals surface area contributed by atoms with Crippen LogP contribution in [-0.4, -0.2) is 12.5 Å². The van der Waals surface area contributed by atoms with Crippen LogP contribution in [0, 0.1) is 23.6 Å². The summed E-state index contributed by atoms with van der Waals surface area (Å²) in [5.41, 5.74) is 0.614. The van der Waals surface area contributed by atoms with E-state index in [1.807, 2.05) is 0 Å². The van der Waals surface area contributed by atoms with E-state index in [0.29, 0.717) is 36.1 Å². The molecule has 0 unspecified atom stereocenters. The molecule has 1 aromatic carbocycles. The Labute approximate surface area is 119 Å². The Bertz CT molecular complexity index is 469. The first-order chi connectivity index (χ1) is 9.29. The molecule has 0 amide bonds. The van der Waals surface area contributed by atoms with Crippen molar-refractivity contribution in [1.82, 2.24) is 0 Å². The summed E-state index contributed by atoms with van der Waals surface area (Å²) in [7, 11) is 0. The Morgan fingerprint density at radius 3 is 2.84 bits per heavy atom. The van der Waals surface area contributed by atoms with Gasteiger partial charge in [-0.25, -0.2) is 4.39 Å². The van der Waals surface area contributed by atoms with E-state index < -0.39 is 0 Å². The van der Waals surface area contributed by atoms with E-state index in [1.54, 1.807) is 6.07 Å². The summed E-state index contributed by atoms with van der Waals surface area (Å²) in [6.45, 7) is 0.704. The van der Waals surface area contributed by atoms with Crippen molar-refractivity contribution in [3.05, 3.63) is 29.6 Å². The lowest BCUT2D eigenvalue weighted by molar-refractivity contribution is 0.251. The van der Waals surface area contributed by atoms with E-state index in [2.05, 4.69) is 11.8 Å². The molecule has 0 N–H and O–H groups in total. The zero-order chi connectivity index (χ0) is 13.5. The maximum atomic E-state index is 13.2. The Morgan fingerprint density at radius 2 is 2.11 bits per heavy atom. The summed E-state index contributed by atoms with van der Waals surface area (Å²) < 4.78 is 19.1. The topological polar surface area (TPSA) is 9.23 Å². The first-order valence-electron chi connectivity index (χ1n) is 6.77. The van der Waals surface area contributed by atoms with Crippen LogP contribution in [0.25, 0.3) is 0 Å². The number of ether oxygens (including phenoxy) is 1. The molecule has 2 rings (SSSR count). The van der Waals surface area contributed by atoms with Gasteiger partial charge in [0.1, 0.15) is 11.6 Å². The molecular formula is C16H18ClFO. The van der Waals surface area contributed by atoms with Crippen LogP contribution in [0.4, 0.5) is 4.39 Å². The molecule has 0 radical (unpaired) electrons. The van der Waals surface area contributed by atoms with Gasteiger partial charge in [0, 0.05) is 12.3 Å². The molecule has 1 fully saturated rings. The third kappa shape index (κ3) is 4.44.